The van der Waals surface area contributed by atoms with E-state index in [1.54, 1.807) is 6.92 Å². The first-order chi connectivity index (χ1) is 7.77. The molecule has 5 heteroatoms. The van der Waals surface area contributed by atoms with E-state index in [2.05, 4.69) is 0 Å². The van der Waals surface area contributed by atoms with Crippen LogP contribution in [-0.2, 0) is 6.18 Å². The lowest BCUT2D eigenvalue weighted by Gasteiger charge is -2.12. The zero-order chi connectivity index (χ0) is 13.2. The molecule has 0 amide bonds. The number of ketones is 1. The van der Waals surface area contributed by atoms with Gasteiger partial charge in [0.1, 0.15) is 0 Å². The van der Waals surface area contributed by atoms with Crippen LogP contribution in [0.2, 0.25) is 0 Å². The zero-order valence-electron chi connectivity index (χ0n) is 9.64. The molecule has 1 unspecified atom stereocenters. The first-order valence-electron chi connectivity index (χ1n) is 5.19. The van der Waals surface area contributed by atoms with E-state index in [-0.39, 0.29) is 18.2 Å². The molecule has 1 aromatic rings. The fraction of sp³-hybridized carbons (Fsp3) is 0.417. The van der Waals surface area contributed by atoms with E-state index in [4.69, 9.17) is 5.73 Å². The highest BCUT2D eigenvalue weighted by Gasteiger charge is 2.31. The van der Waals surface area contributed by atoms with Gasteiger partial charge in [-0.05, 0) is 24.6 Å². The first-order valence-corrected chi connectivity index (χ1v) is 5.19. The van der Waals surface area contributed by atoms with Crippen molar-refractivity contribution in [3.8, 4) is 0 Å². The van der Waals surface area contributed by atoms with Crippen molar-refractivity contribution in [3.05, 3.63) is 34.9 Å². The van der Waals surface area contributed by atoms with Crippen molar-refractivity contribution in [1.82, 2.24) is 0 Å². The van der Waals surface area contributed by atoms with E-state index in [0.717, 1.165) is 12.1 Å². The Balaban J connectivity index is 3.11. The Hall–Kier alpha value is -1.36. The summed E-state index contributed by atoms with van der Waals surface area (Å²) in [5.41, 5.74) is 5.24. The predicted molar refractivity (Wildman–Crippen MR) is 58.7 cm³/mol. The molecule has 0 fully saturated rings. The average Bonchev–Trinajstić information content (AvgIpc) is 2.25. The molecule has 0 spiro atoms. The van der Waals surface area contributed by atoms with Crippen molar-refractivity contribution in [2.24, 2.45) is 11.7 Å². The maximum Gasteiger partial charge on any atom is 0.416 e. The van der Waals surface area contributed by atoms with E-state index in [1.807, 2.05) is 0 Å². The predicted octanol–water partition coefficient (Wildman–Crippen LogP) is 2.79. The van der Waals surface area contributed by atoms with Crippen LogP contribution in [0, 0.1) is 12.8 Å². The van der Waals surface area contributed by atoms with Crippen LogP contribution in [0.1, 0.15) is 28.4 Å². The minimum absolute atomic E-state index is 0.180. The van der Waals surface area contributed by atoms with Gasteiger partial charge in [-0.25, -0.2) is 0 Å². The highest BCUT2D eigenvalue weighted by Crippen LogP contribution is 2.30. The Kier molecular flexibility index (Phi) is 3.93. The number of nitrogens with two attached hydrogens (primary N) is 1. The fourth-order valence-corrected chi connectivity index (χ4v) is 1.49. The SMILES string of the molecule is Cc1cc(C(F)(F)F)ccc1C(=O)C(C)CN. The number of hydrogen-bond donors (Lipinski definition) is 1. The molecule has 0 aliphatic carbocycles. The van der Waals surface area contributed by atoms with Gasteiger partial charge in [-0.1, -0.05) is 13.0 Å². The molecule has 0 aliphatic rings. The van der Waals surface area contributed by atoms with Gasteiger partial charge in [0.2, 0.25) is 0 Å². The molecule has 2 nitrogen and oxygen atoms in total. The van der Waals surface area contributed by atoms with Gasteiger partial charge in [0.25, 0.3) is 0 Å². The summed E-state index contributed by atoms with van der Waals surface area (Å²) in [7, 11) is 0. The number of aryl methyl sites for hydroxylation is 1. The summed E-state index contributed by atoms with van der Waals surface area (Å²) >= 11 is 0. The second kappa shape index (κ2) is 4.87. The molecule has 0 aliphatic heterocycles. The Labute approximate surface area is 97.6 Å². The molecule has 0 radical (unpaired) electrons. The highest BCUT2D eigenvalue weighted by atomic mass is 19.4. The second-order valence-corrected chi connectivity index (χ2v) is 4.03. The molecule has 94 valence electrons. The zero-order valence-corrected chi connectivity index (χ0v) is 9.64. The minimum Gasteiger partial charge on any atom is -0.330 e. The van der Waals surface area contributed by atoms with Crippen molar-refractivity contribution < 1.29 is 18.0 Å². The molecular weight excluding hydrogens is 231 g/mol. The summed E-state index contributed by atoms with van der Waals surface area (Å²) in [5.74, 6) is -0.607. The van der Waals surface area contributed by atoms with Crippen molar-refractivity contribution in [3.63, 3.8) is 0 Å². The lowest BCUT2D eigenvalue weighted by atomic mass is 9.94. The minimum atomic E-state index is -4.38. The molecule has 0 heterocycles. The molecule has 1 atom stereocenters. The molecule has 1 aromatic carbocycles. The number of halogens is 3. The van der Waals surface area contributed by atoms with Crippen molar-refractivity contribution >= 4 is 5.78 Å². The van der Waals surface area contributed by atoms with Gasteiger partial charge in [0, 0.05) is 18.0 Å². The van der Waals surface area contributed by atoms with Crippen LogP contribution >= 0.6 is 0 Å². The van der Waals surface area contributed by atoms with Gasteiger partial charge >= 0.3 is 6.18 Å². The number of rotatable bonds is 3. The number of carbonyl (C=O) groups excluding carboxylic acids is 1. The van der Waals surface area contributed by atoms with E-state index in [1.165, 1.54) is 13.0 Å². The van der Waals surface area contributed by atoms with Crippen LogP contribution in [0.15, 0.2) is 18.2 Å². The van der Waals surface area contributed by atoms with E-state index in [0.29, 0.717) is 11.1 Å². The Morgan fingerprint density at radius 1 is 1.41 bits per heavy atom. The monoisotopic (exact) mass is 245 g/mol. The summed E-state index contributed by atoms with van der Waals surface area (Å²) < 4.78 is 37.3. The Morgan fingerprint density at radius 2 is 2.00 bits per heavy atom. The molecule has 17 heavy (non-hydrogen) atoms. The number of Topliss-reactive ketones (excluding diaryl/α,β-unsaturated/α-hetero) is 1. The van der Waals surface area contributed by atoms with E-state index < -0.39 is 11.7 Å². The standard InChI is InChI=1S/C12H14F3NO/c1-7-5-9(12(13,14)15)3-4-10(7)11(17)8(2)6-16/h3-5,8H,6,16H2,1-2H3. The smallest absolute Gasteiger partial charge is 0.330 e. The van der Waals surface area contributed by atoms with Crippen LogP contribution in [0.5, 0.6) is 0 Å². The summed E-state index contributed by atoms with van der Waals surface area (Å²) in [5, 5.41) is 0. The number of hydrogen-bond acceptors (Lipinski definition) is 2. The van der Waals surface area contributed by atoms with Gasteiger partial charge in [-0.2, -0.15) is 13.2 Å². The van der Waals surface area contributed by atoms with Gasteiger partial charge in [-0.3, -0.25) is 4.79 Å². The maximum absolute atomic E-state index is 12.4. The second-order valence-electron chi connectivity index (χ2n) is 4.03. The molecule has 0 saturated heterocycles. The van der Waals surface area contributed by atoms with Crippen LogP contribution < -0.4 is 5.73 Å². The largest absolute Gasteiger partial charge is 0.416 e. The van der Waals surface area contributed by atoms with E-state index in [9.17, 15) is 18.0 Å². The van der Waals surface area contributed by atoms with Gasteiger partial charge in [0.15, 0.2) is 5.78 Å². The third kappa shape index (κ3) is 3.06. The van der Waals surface area contributed by atoms with Crippen LogP contribution in [-0.4, -0.2) is 12.3 Å². The molecule has 1 rings (SSSR count). The topological polar surface area (TPSA) is 43.1 Å². The fourth-order valence-electron chi connectivity index (χ4n) is 1.49. The Morgan fingerprint density at radius 3 is 2.41 bits per heavy atom. The number of alkyl halides is 3. The van der Waals surface area contributed by atoms with Crippen LogP contribution in [0.3, 0.4) is 0 Å². The summed E-state index contributed by atoms with van der Waals surface area (Å²) in [6.45, 7) is 3.32. The van der Waals surface area contributed by atoms with Crippen molar-refractivity contribution in [2.75, 3.05) is 6.54 Å². The quantitative estimate of drug-likeness (QED) is 0.832. The summed E-state index contributed by atoms with van der Waals surface area (Å²) in [6, 6.07) is 3.12. The number of carbonyl (C=O) groups is 1. The molecular formula is C12H14F3NO. The Bertz CT molecular complexity index is 426. The number of benzene rings is 1. The van der Waals surface area contributed by atoms with Crippen molar-refractivity contribution in [2.45, 2.75) is 20.0 Å². The third-order valence-corrected chi connectivity index (χ3v) is 2.62. The van der Waals surface area contributed by atoms with Crippen LogP contribution in [0.4, 0.5) is 13.2 Å². The van der Waals surface area contributed by atoms with Gasteiger partial charge < -0.3 is 5.73 Å². The highest BCUT2D eigenvalue weighted by molar-refractivity contribution is 5.99. The lowest BCUT2D eigenvalue weighted by molar-refractivity contribution is -0.137. The van der Waals surface area contributed by atoms with Gasteiger partial charge in [0.05, 0.1) is 5.56 Å². The summed E-state index contributed by atoms with van der Waals surface area (Å²) in [6.07, 6.45) is -4.38. The lowest BCUT2D eigenvalue weighted by Crippen LogP contribution is -2.21. The van der Waals surface area contributed by atoms with Gasteiger partial charge in [-0.15, -0.1) is 0 Å². The molecule has 0 saturated carbocycles. The molecule has 0 bridgehead atoms. The third-order valence-electron chi connectivity index (χ3n) is 2.62. The van der Waals surface area contributed by atoms with Crippen LogP contribution in [0.25, 0.3) is 0 Å². The normalized spacial score (nSPS) is 13.5. The average molecular weight is 245 g/mol. The van der Waals surface area contributed by atoms with Crippen molar-refractivity contribution in [1.29, 1.82) is 0 Å². The van der Waals surface area contributed by atoms with E-state index >= 15 is 0 Å². The maximum atomic E-state index is 12.4. The molecule has 2 N–H and O–H groups in total. The first kappa shape index (κ1) is 13.7. The molecule has 0 aromatic heterocycles. The summed E-state index contributed by atoms with van der Waals surface area (Å²) in [4.78, 5) is 11.8.